The van der Waals surface area contributed by atoms with E-state index >= 15 is 0 Å². The SMILES string of the molecule is CNC(C)Cc1noc(CNC(=O)CCc2ccc(C)cc2)n1.Cl. The Hall–Kier alpha value is -1.92. The van der Waals surface area contributed by atoms with E-state index in [1.807, 2.05) is 20.9 Å². The van der Waals surface area contributed by atoms with Gasteiger partial charge in [-0.2, -0.15) is 4.98 Å². The summed E-state index contributed by atoms with van der Waals surface area (Å²) in [5.74, 6) is 1.07. The summed E-state index contributed by atoms with van der Waals surface area (Å²) in [5, 5.41) is 9.83. The molecule has 7 heteroatoms. The highest BCUT2D eigenvalue weighted by molar-refractivity contribution is 5.85. The van der Waals surface area contributed by atoms with Crippen molar-refractivity contribution in [3.05, 3.63) is 47.1 Å². The molecule has 1 unspecified atom stereocenters. The third-order valence-corrected chi connectivity index (χ3v) is 3.69. The minimum atomic E-state index is -0.0195. The van der Waals surface area contributed by atoms with Crippen LogP contribution >= 0.6 is 12.4 Å². The lowest BCUT2D eigenvalue weighted by Crippen LogP contribution is -2.24. The van der Waals surface area contributed by atoms with Crippen molar-refractivity contribution in [1.29, 1.82) is 0 Å². The van der Waals surface area contributed by atoms with Crippen molar-refractivity contribution >= 4 is 18.3 Å². The zero-order valence-electron chi connectivity index (χ0n) is 14.3. The number of halogens is 1. The van der Waals surface area contributed by atoms with Gasteiger partial charge in [0.05, 0.1) is 6.54 Å². The van der Waals surface area contributed by atoms with Crippen LogP contribution in [0.2, 0.25) is 0 Å². The number of hydrogen-bond donors (Lipinski definition) is 2. The molecular formula is C17H25ClN4O2. The molecule has 1 aromatic heterocycles. The molecule has 2 N–H and O–H groups in total. The minimum Gasteiger partial charge on any atom is -0.347 e. The molecule has 0 spiro atoms. The molecule has 1 atom stereocenters. The molecule has 0 saturated heterocycles. The van der Waals surface area contributed by atoms with Gasteiger partial charge in [-0.3, -0.25) is 4.79 Å². The van der Waals surface area contributed by atoms with Crippen LogP contribution in [0, 0.1) is 6.92 Å². The summed E-state index contributed by atoms with van der Waals surface area (Å²) in [7, 11) is 1.89. The number of amides is 1. The Bertz CT molecular complexity index is 628. The number of hydrogen-bond acceptors (Lipinski definition) is 5. The topological polar surface area (TPSA) is 80.0 Å². The first kappa shape index (κ1) is 20.1. The predicted octanol–water partition coefficient (Wildman–Crippen LogP) is 2.20. The minimum absolute atomic E-state index is 0. The molecular weight excluding hydrogens is 328 g/mol. The lowest BCUT2D eigenvalue weighted by Gasteiger charge is -2.05. The van der Waals surface area contributed by atoms with E-state index in [4.69, 9.17) is 4.52 Å². The van der Waals surface area contributed by atoms with E-state index in [2.05, 4.69) is 45.0 Å². The number of rotatable bonds is 8. The van der Waals surface area contributed by atoms with Crippen LogP contribution in [0.25, 0.3) is 0 Å². The molecule has 2 rings (SSSR count). The molecule has 1 amide bonds. The first-order valence-corrected chi connectivity index (χ1v) is 7.88. The second-order valence-electron chi connectivity index (χ2n) is 5.76. The summed E-state index contributed by atoms with van der Waals surface area (Å²) in [6, 6.07) is 8.49. The number of aryl methyl sites for hydroxylation is 2. The van der Waals surface area contributed by atoms with Crippen LogP contribution in [-0.2, 0) is 24.2 Å². The van der Waals surface area contributed by atoms with Gasteiger partial charge in [-0.25, -0.2) is 0 Å². The summed E-state index contributed by atoms with van der Waals surface area (Å²) < 4.78 is 5.13. The molecule has 0 aliphatic carbocycles. The lowest BCUT2D eigenvalue weighted by atomic mass is 10.1. The number of carbonyl (C=O) groups excluding carboxylic acids is 1. The highest BCUT2D eigenvalue weighted by atomic mass is 35.5. The van der Waals surface area contributed by atoms with Crippen LogP contribution in [0.4, 0.5) is 0 Å². The third kappa shape index (κ3) is 6.68. The van der Waals surface area contributed by atoms with Crippen LogP contribution in [0.1, 0.15) is 36.2 Å². The van der Waals surface area contributed by atoms with Crippen molar-refractivity contribution in [1.82, 2.24) is 20.8 Å². The normalized spacial score (nSPS) is 11.6. The molecule has 0 radical (unpaired) electrons. The molecule has 0 aliphatic heterocycles. The van der Waals surface area contributed by atoms with Crippen molar-refractivity contribution < 1.29 is 9.32 Å². The summed E-state index contributed by atoms with van der Waals surface area (Å²) in [6.07, 6.45) is 1.86. The van der Waals surface area contributed by atoms with Crippen molar-refractivity contribution in [3.63, 3.8) is 0 Å². The van der Waals surface area contributed by atoms with E-state index < -0.39 is 0 Å². The lowest BCUT2D eigenvalue weighted by molar-refractivity contribution is -0.121. The number of aromatic nitrogens is 2. The fourth-order valence-electron chi connectivity index (χ4n) is 2.10. The van der Waals surface area contributed by atoms with E-state index in [0.717, 1.165) is 12.0 Å². The zero-order chi connectivity index (χ0) is 16.7. The van der Waals surface area contributed by atoms with Crippen molar-refractivity contribution in [3.8, 4) is 0 Å². The monoisotopic (exact) mass is 352 g/mol. The van der Waals surface area contributed by atoms with Crippen LogP contribution in [0.15, 0.2) is 28.8 Å². The van der Waals surface area contributed by atoms with Gasteiger partial charge >= 0.3 is 0 Å². The highest BCUT2D eigenvalue weighted by Crippen LogP contribution is 2.06. The number of nitrogens with one attached hydrogen (secondary N) is 2. The van der Waals surface area contributed by atoms with Gasteiger partial charge in [-0.15, -0.1) is 12.4 Å². The van der Waals surface area contributed by atoms with Crippen molar-refractivity contribution in [2.45, 2.75) is 45.7 Å². The number of carbonyl (C=O) groups is 1. The maximum absolute atomic E-state index is 11.9. The van der Waals surface area contributed by atoms with E-state index in [9.17, 15) is 4.79 Å². The Balaban J connectivity index is 0.00000288. The fourth-order valence-corrected chi connectivity index (χ4v) is 2.10. The fraction of sp³-hybridized carbons (Fsp3) is 0.471. The van der Waals surface area contributed by atoms with Crippen LogP contribution in [-0.4, -0.2) is 29.1 Å². The second kappa shape index (κ2) is 10.1. The molecule has 6 nitrogen and oxygen atoms in total. The Morgan fingerprint density at radius 2 is 2.00 bits per heavy atom. The van der Waals surface area contributed by atoms with Gasteiger partial charge in [0.25, 0.3) is 0 Å². The Morgan fingerprint density at radius 1 is 1.29 bits per heavy atom. The van der Waals surface area contributed by atoms with Gasteiger partial charge < -0.3 is 15.2 Å². The van der Waals surface area contributed by atoms with E-state index in [-0.39, 0.29) is 30.9 Å². The summed E-state index contributed by atoms with van der Waals surface area (Å²) in [4.78, 5) is 16.1. The van der Waals surface area contributed by atoms with Crippen molar-refractivity contribution in [2.75, 3.05) is 7.05 Å². The van der Waals surface area contributed by atoms with Crippen LogP contribution in [0.3, 0.4) is 0 Å². The van der Waals surface area contributed by atoms with Crippen LogP contribution in [0.5, 0.6) is 0 Å². The zero-order valence-corrected chi connectivity index (χ0v) is 15.2. The van der Waals surface area contributed by atoms with E-state index in [1.54, 1.807) is 0 Å². The summed E-state index contributed by atoms with van der Waals surface area (Å²) in [5.41, 5.74) is 2.38. The van der Waals surface area contributed by atoms with Crippen LogP contribution < -0.4 is 10.6 Å². The second-order valence-corrected chi connectivity index (χ2v) is 5.76. The number of nitrogens with zero attached hydrogens (tertiary/aromatic N) is 2. The van der Waals surface area contributed by atoms with Gasteiger partial charge in [0.2, 0.25) is 11.8 Å². The molecule has 132 valence electrons. The smallest absolute Gasteiger partial charge is 0.246 e. The maximum atomic E-state index is 11.9. The van der Waals surface area contributed by atoms with Gasteiger partial charge in [-0.1, -0.05) is 35.0 Å². The molecule has 2 aromatic rings. The standard InChI is InChI=1S/C17H24N4O2.ClH/c1-12-4-6-14(7-5-12)8-9-16(22)19-11-17-20-15(21-23-17)10-13(2)18-3;/h4-7,13,18H,8-11H2,1-3H3,(H,19,22);1H. The number of benzene rings is 1. The molecule has 24 heavy (non-hydrogen) atoms. The Morgan fingerprint density at radius 3 is 2.67 bits per heavy atom. The van der Waals surface area contributed by atoms with Gasteiger partial charge in [0.15, 0.2) is 5.82 Å². The molecule has 0 saturated carbocycles. The first-order chi connectivity index (χ1) is 11.1. The summed E-state index contributed by atoms with van der Waals surface area (Å²) >= 11 is 0. The summed E-state index contributed by atoms with van der Waals surface area (Å²) in [6.45, 7) is 4.36. The quantitative estimate of drug-likeness (QED) is 0.761. The third-order valence-electron chi connectivity index (χ3n) is 3.69. The average molecular weight is 353 g/mol. The molecule has 0 fully saturated rings. The van der Waals surface area contributed by atoms with Gasteiger partial charge in [-0.05, 0) is 32.9 Å². The molecule has 0 bridgehead atoms. The maximum Gasteiger partial charge on any atom is 0.246 e. The molecule has 1 aromatic carbocycles. The molecule has 1 heterocycles. The molecule has 0 aliphatic rings. The largest absolute Gasteiger partial charge is 0.347 e. The van der Waals surface area contributed by atoms with E-state index in [0.29, 0.717) is 24.6 Å². The van der Waals surface area contributed by atoms with Gasteiger partial charge in [0.1, 0.15) is 0 Å². The van der Waals surface area contributed by atoms with Crippen molar-refractivity contribution in [2.24, 2.45) is 0 Å². The average Bonchev–Trinajstić information content (AvgIpc) is 2.99. The number of likely N-dealkylation sites (N-methyl/N-ethyl adjacent to an activating group) is 1. The van der Waals surface area contributed by atoms with Gasteiger partial charge in [0, 0.05) is 18.9 Å². The first-order valence-electron chi connectivity index (χ1n) is 7.88. The van der Waals surface area contributed by atoms with E-state index in [1.165, 1.54) is 5.56 Å². The predicted molar refractivity (Wildman–Crippen MR) is 95.1 cm³/mol. The Kier molecular flexibility index (Phi) is 8.43. The highest BCUT2D eigenvalue weighted by Gasteiger charge is 2.10. The Labute approximate surface area is 148 Å².